The molecule has 0 N–H and O–H groups in total. The molecule has 0 bridgehead atoms. The predicted molar refractivity (Wildman–Crippen MR) is 67.7 cm³/mol. The minimum Gasteiger partial charge on any atom is -0.265 e. The Balaban J connectivity index is 0.000000187. The van der Waals surface area contributed by atoms with Crippen LogP contribution in [0.4, 0.5) is 0 Å². The molecule has 0 unspecified atom stereocenters. The smallest absolute Gasteiger partial charge is 0.0267 e. The normalized spacial score (nSPS) is 7.78. The molecule has 0 aliphatic rings. The van der Waals surface area contributed by atoms with Crippen molar-refractivity contribution in [2.24, 2.45) is 0 Å². The van der Waals surface area contributed by atoms with Gasteiger partial charge in [-0.15, -0.1) is 0 Å². The fraction of sp³-hybridized carbons (Fsp3) is 0. The Morgan fingerprint density at radius 1 is 1.00 bits per heavy atom. The van der Waals surface area contributed by atoms with Gasteiger partial charge in [0.2, 0.25) is 0 Å². The van der Waals surface area contributed by atoms with Crippen molar-refractivity contribution in [1.82, 2.24) is 4.98 Å². The van der Waals surface area contributed by atoms with E-state index in [-0.39, 0.29) is 0 Å². The maximum Gasteiger partial charge on any atom is 0.0267 e. The first kappa shape index (κ1) is 10.3. The molecule has 0 fully saturated rings. The average molecular weight is 461 g/mol. The standard InChI is InChI=1S/C5H5N.HI3/c1-2-4-6-5-3-1;1-3-2/h1-5H;3H. The van der Waals surface area contributed by atoms with Gasteiger partial charge in [-0.3, -0.25) is 4.98 Å². The summed E-state index contributed by atoms with van der Waals surface area (Å²) >= 11 is 5.22. The van der Waals surface area contributed by atoms with Crippen LogP contribution in [0.15, 0.2) is 30.6 Å². The molecule has 0 aliphatic heterocycles. The third kappa shape index (κ3) is 9.34. The van der Waals surface area contributed by atoms with Crippen molar-refractivity contribution in [3.63, 3.8) is 0 Å². The van der Waals surface area contributed by atoms with Crippen molar-refractivity contribution in [2.45, 2.75) is 0 Å². The van der Waals surface area contributed by atoms with Gasteiger partial charge in [-0.1, -0.05) is 6.07 Å². The fourth-order valence-corrected chi connectivity index (χ4v) is 0.313. The first-order chi connectivity index (χ1) is 4.41. The van der Waals surface area contributed by atoms with Gasteiger partial charge in [0, 0.05) is 12.4 Å². The van der Waals surface area contributed by atoms with Crippen LogP contribution in [0.25, 0.3) is 0 Å². The summed E-state index contributed by atoms with van der Waals surface area (Å²) in [5.74, 6) is 0. The van der Waals surface area contributed by atoms with E-state index in [9.17, 15) is 0 Å². The molecule has 0 amide bonds. The second-order valence-corrected chi connectivity index (χ2v) is 18.6. The van der Waals surface area contributed by atoms with Crippen LogP contribution < -0.4 is 0 Å². The van der Waals surface area contributed by atoms with Crippen molar-refractivity contribution >= 4 is 50.5 Å². The summed E-state index contributed by atoms with van der Waals surface area (Å²) in [7, 11) is 0. The third-order valence-electron chi connectivity index (χ3n) is 0.566. The molecule has 0 saturated carbocycles. The Kier molecular flexibility index (Phi) is 10.7. The summed E-state index contributed by atoms with van der Waals surface area (Å²) in [5, 5.41) is 0. The van der Waals surface area contributed by atoms with Crippen LogP contribution in [0, 0.1) is 0 Å². The number of halogens is 3. The first-order valence-electron chi connectivity index (χ1n) is 2.16. The van der Waals surface area contributed by atoms with Crippen molar-refractivity contribution in [1.29, 1.82) is 0 Å². The van der Waals surface area contributed by atoms with Crippen LogP contribution in [0.3, 0.4) is 0 Å². The van der Waals surface area contributed by atoms with Crippen molar-refractivity contribution < 1.29 is 0 Å². The van der Waals surface area contributed by atoms with Crippen LogP contribution in [-0.2, 0) is 0 Å². The van der Waals surface area contributed by atoms with Crippen LogP contribution in [0.2, 0.25) is 0 Å². The zero-order chi connectivity index (χ0) is 6.95. The Morgan fingerprint density at radius 3 is 1.56 bits per heavy atom. The molecule has 1 aromatic heterocycles. The van der Waals surface area contributed by atoms with Crippen molar-refractivity contribution in [3.05, 3.63) is 30.6 Å². The van der Waals surface area contributed by atoms with E-state index in [1.165, 1.54) is 0 Å². The predicted octanol–water partition coefficient (Wildman–Crippen LogP) is 3.47. The van der Waals surface area contributed by atoms with Gasteiger partial charge in [0.25, 0.3) is 0 Å². The van der Waals surface area contributed by atoms with Gasteiger partial charge in [-0.05, 0) is 12.1 Å². The zero-order valence-corrected chi connectivity index (χ0v) is 11.1. The van der Waals surface area contributed by atoms with Gasteiger partial charge in [0.15, 0.2) is 0 Å². The second kappa shape index (κ2) is 9.34. The van der Waals surface area contributed by atoms with Crippen LogP contribution in [0.1, 0.15) is 0 Å². The van der Waals surface area contributed by atoms with E-state index < -0.39 is 0 Å². The Hall–Kier alpha value is 1.34. The molecule has 1 heterocycles. The van der Waals surface area contributed by atoms with Gasteiger partial charge in [0.05, 0.1) is 0 Å². The molecular formula is C5H6I3N. The SMILES string of the molecule is I[IH]I.c1ccncc1. The number of hydrogen-bond acceptors (Lipinski definition) is 1. The molecule has 0 atom stereocenters. The topological polar surface area (TPSA) is 12.9 Å². The minimum absolute atomic E-state index is 0.410. The number of aromatic nitrogens is 1. The molecule has 1 aromatic rings. The maximum atomic E-state index is 3.78. The number of nitrogens with zero attached hydrogens (tertiary/aromatic N) is 1. The molecule has 0 saturated heterocycles. The molecule has 52 valence electrons. The van der Waals surface area contributed by atoms with E-state index in [0.29, 0.717) is 13.3 Å². The monoisotopic (exact) mass is 461 g/mol. The Morgan fingerprint density at radius 2 is 1.44 bits per heavy atom. The van der Waals surface area contributed by atoms with E-state index >= 15 is 0 Å². The van der Waals surface area contributed by atoms with Gasteiger partial charge >= 0.3 is 50.5 Å². The molecule has 1 rings (SSSR count). The number of hydrogen-bond donors (Lipinski definition) is 0. The quantitative estimate of drug-likeness (QED) is 0.540. The number of pyridine rings is 1. The second-order valence-electron chi connectivity index (χ2n) is 1.08. The van der Waals surface area contributed by atoms with E-state index in [1.807, 2.05) is 18.2 Å². The fourth-order valence-electron chi connectivity index (χ4n) is 0.313. The summed E-state index contributed by atoms with van der Waals surface area (Å²) in [4.78, 5) is 3.78. The molecule has 0 spiro atoms. The number of rotatable bonds is 0. The third-order valence-corrected chi connectivity index (χ3v) is 0.566. The summed E-state index contributed by atoms with van der Waals surface area (Å²) < 4.78 is 0. The minimum atomic E-state index is 0.410. The molecule has 1 nitrogen and oxygen atoms in total. The molecule has 0 aliphatic carbocycles. The summed E-state index contributed by atoms with van der Waals surface area (Å²) in [6.45, 7) is 0. The van der Waals surface area contributed by atoms with Crippen LogP contribution in [0.5, 0.6) is 0 Å². The largest absolute Gasteiger partial charge is 0.265 e. The molecule has 0 radical (unpaired) electrons. The molecule has 9 heavy (non-hydrogen) atoms. The average Bonchev–Trinajstić information content (AvgIpc) is 1.93. The molecular weight excluding hydrogens is 455 g/mol. The summed E-state index contributed by atoms with van der Waals surface area (Å²) in [6, 6.07) is 5.72. The van der Waals surface area contributed by atoms with Gasteiger partial charge in [-0.25, -0.2) is 0 Å². The Labute approximate surface area is 84.6 Å². The van der Waals surface area contributed by atoms with Crippen LogP contribution in [-0.4, -0.2) is 4.98 Å². The van der Waals surface area contributed by atoms with Gasteiger partial charge in [0.1, 0.15) is 0 Å². The van der Waals surface area contributed by atoms with Crippen molar-refractivity contribution in [2.75, 3.05) is 0 Å². The van der Waals surface area contributed by atoms with E-state index in [2.05, 4.69) is 42.2 Å². The zero-order valence-electron chi connectivity index (χ0n) is 4.50. The van der Waals surface area contributed by atoms with Crippen molar-refractivity contribution in [3.8, 4) is 0 Å². The summed E-state index contributed by atoms with van der Waals surface area (Å²) in [6.07, 6.45) is 3.50. The van der Waals surface area contributed by atoms with Gasteiger partial charge < -0.3 is 0 Å². The van der Waals surface area contributed by atoms with Gasteiger partial charge in [-0.2, -0.15) is 0 Å². The Bertz CT molecular complexity index is 95.1. The van der Waals surface area contributed by atoms with Crippen LogP contribution >= 0.6 is 50.5 Å². The van der Waals surface area contributed by atoms with E-state index in [4.69, 9.17) is 0 Å². The first-order valence-corrected chi connectivity index (χ1v) is 15.7. The van der Waals surface area contributed by atoms with E-state index in [1.54, 1.807) is 12.4 Å². The van der Waals surface area contributed by atoms with E-state index in [0.717, 1.165) is 0 Å². The summed E-state index contributed by atoms with van der Waals surface area (Å²) in [5.41, 5.74) is 0. The molecule has 0 aromatic carbocycles. The molecule has 4 heteroatoms. The maximum absolute atomic E-state index is 3.78.